The second-order valence-electron chi connectivity index (χ2n) is 7.88. The van der Waals surface area contributed by atoms with Gasteiger partial charge >= 0.3 is 0 Å². The van der Waals surface area contributed by atoms with E-state index >= 15 is 0 Å². The van der Waals surface area contributed by atoms with Crippen molar-refractivity contribution in [2.75, 3.05) is 6.61 Å². The van der Waals surface area contributed by atoms with Crippen molar-refractivity contribution in [1.29, 1.82) is 0 Å². The van der Waals surface area contributed by atoms with Crippen LogP contribution in [0.3, 0.4) is 0 Å². The average molecular weight is 495 g/mol. The number of pyridine rings is 1. The third-order valence-corrected chi connectivity index (χ3v) is 7.28. The second kappa shape index (κ2) is 9.02. The molecule has 5 nitrogen and oxygen atoms in total. The van der Waals surface area contributed by atoms with Gasteiger partial charge < -0.3 is 10.5 Å². The summed E-state index contributed by atoms with van der Waals surface area (Å²) >= 11 is 5.25. The molecule has 1 unspecified atom stereocenters. The summed E-state index contributed by atoms with van der Waals surface area (Å²) in [5.74, 6) is 1.33. The zero-order chi connectivity index (χ0) is 21.2. The summed E-state index contributed by atoms with van der Waals surface area (Å²) < 4.78 is 7.33. The minimum atomic E-state index is -0.120. The zero-order valence-corrected chi connectivity index (χ0v) is 19.5. The first-order valence-corrected chi connectivity index (χ1v) is 12.1. The van der Waals surface area contributed by atoms with Crippen molar-refractivity contribution in [2.45, 2.75) is 38.1 Å². The summed E-state index contributed by atoms with van der Waals surface area (Å²) in [6.45, 7) is 0.405. The van der Waals surface area contributed by atoms with E-state index < -0.39 is 0 Å². The SMILES string of the molecule is NC(COc1nc(-c2ccncc2)nc2sc3c(c12)CCCC3)Cc1ccc(Br)cc1. The summed E-state index contributed by atoms with van der Waals surface area (Å²) in [5, 5.41) is 1.08. The maximum absolute atomic E-state index is 6.41. The first kappa shape index (κ1) is 20.5. The minimum absolute atomic E-state index is 0.120. The number of aromatic nitrogens is 3. The second-order valence-corrected chi connectivity index (χ2v) is 9.88. The Balaban J connectivity index is 1.45. The van der Waals surface area contributed by atoms with Crippen molar-refractivity contribution in [1.82, 2.24) is 15.0 Å². The van der Waals surface area contributed by atoms with Crippen LogP contribution in [0.4, 0.5) is 0 Å². The van der Waals surface area contributed by atoms with Gasteiger partial charge in [-0.05, 0) is 67.5 Å². The first-order valence-electron chi connectivity index (χ1n) is 10.5. The van der Waals surface area contributed by atoms with Crippen LogP contribution >= 0.6 is 27.3 Å². The van der Waals surface area contributed by atoms with E-state index in [9.17, 15) is 0 Å². The minimum Gasteiger partial charge on any atom is -0.475 e. The average Bonchev–Trinajstić information content (AvgIpc) is 3.18. The zero-order valence-electron chi connectivity index (χ0n) is 17.1. The number of fused-ring (bicyclic) bond motifs is 3. The third kappa shape index (κ3) is 4.49. The number of hydrogen-bond donors (Lipinski definition) is 1. The van der Waals surface area contributed by atoms with Crippen LogP contribution in [0.1, 0.15) is 28.8 Å². The van der Waals surface area contributed by atoms with Crippen molar-refractivity contribution < 1.29 is 4.74 Å². The molecule has 158 valence electrons. The Labute approximate surface area is 193 Å². The number of nitrogens with zero attached hydrogens (tertiary/aromatic N) is 3. The lowest BCUT2D eigenvalue weighted by Gasteiger charge is -2.16. The number of thiophene rings is 1. The van der Waals surface area contributed by atoms with Crippen LogP contribution in [0, 0.1) is 0 Å². The van der Waals surface area contributed by atoms with E-state index in [1.54, 1.807) is 23.7 Å². The molecule has 3 heterocycles. The van der Waals surface area contributed by atoms with Crippen molar-refractivity contribution in [3.8, 4) is 17.3 Å². The third-order valence-electron chi connectivity index (χ3n) is 5.57. The van der Waals surface area contributed by atoms with Gasteiger partial charge in [0, 0.05) is 33.3 Å². The highest BCUT2D eigenvalue weighted by atomic mass is 79.9. The van der Waals surface area contributed by atoms with Crippen molar-refractivity contribution >= 4 is 37.5 Å². The molecule has 1 aliphatic rings. The van der Waals surface area contributed by atoms with Gasteiger partial charge in [0.25, 0.3) is 0 Å². The Hall–Kier alpha value is -2.35. The smallest absolute Gasteiger partial charge is 0.226 e. The number of nitrogens with two attached hydrogens (primary N) is 1. The number of rotatable bonds is 6. The molecule has 3 aromatic heterocycles. The summed E-state index contributed by atoms with van der Waals surface area (Å²) in [7, 11) is 0. The fourth-order valence-electron chi connectivity index (χ4n) is 4.03. The van der Waals surface area contributed by atoms with Crippen molar-refractivity contribution in [3.63, 3.8) is 0 Å². The van der Waals surface area contributed by atoms with E-state index in [0.717, 1.165) is 39.5 Å². The van der Waals surface area contributed by atoms with E-state index in [-0.39, 0.29) is 6.04 Å². The van der Waals surface area contributed by atoms with Crippen LogP contribution in [0.25, 0.3) is 21.6 Å². The molecule has 1 aromatic carbocycles. The van der Waals surface area contributed by atoms with Crippen LogP contribution in [0.2, 0.25) is 0 Å². The maximum atomic E-state index is 6.41. The van der Waals surface area contributed by atoms with E-state index in [1.807, 2.05) is 24.3 Å². The van der Waals surface area contributed by atoms with Crippen LogP contribution < -0.4 is 10.5 Å². The largest absolute Gasteiger partial charge is 0.475 e. The Kier molecular flexibility index (Phi) is 5.98. The molecule has 0 aliphatic heterocycles. The summed E-state index contributed by atoms with van der Waals surface area (Å²) in [4.78, 5) is 16.2. The Morgan fingerprint density at radius 1 is 1.03 bits per heavy atom. The molecule has 5 rings (SSSR count). The molecule has 0 radical (unpaired) electrons. The summed E-state index contributed by atoms with van der Waals surface area (Å²) in [5.41, 5.74) is 9.91. The maximum Gasteiger partial charge on any atom is 0.226 e. The first-order chi connectivity index (χ1) is 15.2. The number of halogens is 1. The van der Waals surface area contributed by atoms with Gasteiger partial charge in [0.15, 0.2) is 5.82 Å². The summed E-state index contributed by atoms with van der Waals surface area (Å²) in [6.07, 6.45) is 8.89. The highest BCUT2D eigenvalue weighted by molar-refractivity contribution is 9.10. The van der Waals surface area contributed by atoms with Crippen LogP contribution in [-0.2, 0) is 19.3 Å². The fraction of sp³-hybridized carbons (Fsp3) is 0.292. The number of ether oxygens (including phenoxy) is 1. The molecule has 0 saturated carbocycles. The Morgan fingerprint density at radius 3 is 2.61 bits per heavy atom. The van der Waals surface area contributed by atoms with Gasteiger partial charge in [0.1, 0.15) is 11.4 Å². The van der Waals surface area contributed by atoms with E-state index in [2.05, 4.69) is 33.0 Å². The quantitative estimate of drug-likeness (QED) is 0.391. The Morgan fingerprint density at radius 2 is 1.81 bits per heavy atom. The predicted molar refractivity (Wildman–Crippen MR) is 129 cm³/mol. The van der Waals surface area contributed by atoms with Gasteiger partial charge in [0.2, 0.25) is 5.88 Å². The molecule has 31 heavy (non-hydrogen) atoms. The molecular weight excluding hydrogens is 472 g/mol. The standard InChI is InChI=1S/C24H23BrN4OS/c25-17-7-5-15(6-8-17)13-18(26)14-30-23-21-19-3-1-2-4-20(19)31-24(21)29-22(28-23)16-9-11-27-12-10-16/h5-12,18H,1-4,13-14,26H2. The highest BCUT2D eigenvalue weighted by Gasteiger charge is 2.23. The summed E-state index contributed by atoms with van der Waals surface area (Å²) in [6, 6.07) is 12.0. The lowest BCUT2D eigenvalue weighted by atomic mass is 9.97. The molecule has 0 amide bonds. The number of benzene rings is 1. The van der Waals surface area contributed by atoms with Gasteiger partial charge in [-0.15, -0.1) is 11.3 Å². The van der Waals surface area contributed by atoms with Gasteiger partial charge in [-0.3, -0.25) is 4.98 Å². The molecular formula is C24H23BrN4OS. The lowest BCUT2D eigenvalue weighted by molar-refractivity contribution is 0.280. The van der Waals surface area contributed by atoms with Gasteiger partial charge in [-0.25, -0.2) is 4.98 Å². The van der Waals surface area contributed by atoms with Gasteiger partial charge in [0.05, 0.1) is 5.39 Å². The molecule has 7 heteroatoms. The van der Waals surface area contributed by atoms with Crippen LogP contribution in [0.15, 0.2) is 53.3 Å². The molecule has 0 fully saturated rings. The highest BCUT2D eigenvalue weighted by Crippen LogP contribution is 2.40. The van der Waals surface area contributed by atoms with Gasteiger partial charge in [-0.1, -0.05) is 28.1 Å². The molecule has 1 atom stereocenters. The van der Waals surface area contributed by atoms with Crippen molar-refractivity contribution in [3.05, 3.63) is 69.3 Å². The normalized spacial score (nSPS) is 14.4. The molecule has 1 aliphatic carbocycles. The van der Waals surface area contributed by atoms with E-state index in [1.165, 1.54) is 28.8 Å². The number of aryl methyl sites for hydroxylation is 2. The van der Waals surface area contributed by atoms with Crippen LogP contribution in [-0.4, -0.2) is 27.6 Å². The Bertz CT molecular complexity index is 1190. The lowest BCUT2D eigenvalue weighted by Crippen LogP contribution is -2.30. The van der Waals surface area contributed by atoms with E-state index in [0.29, 0.717) is 18.3 Å². The van der Waals surface area contributed by atoms with E-state index in [4.69, 9.17) is 20.4 Å². The molecule has 0 bridgehead atoms. The van der Waals surface area contributed by atoms with Gasteiger partial charge in [-0.2, -0.15) is 4.98 Å². The molecule has 4 aromatic rings. The fourth-order valence-corrected chi connectivity index (χ4v) is 5.54. The van der Waals surface area contributed by atoms with Crippen molar-refractivity contribution in [2.24, 2.45) is 5.73 Å². The topological polar surface area (TPSA) is 73.9 Å². The monoisotopic (exact) mass is 494 g/mol. The molecule has 0 spiro atoms. The predicted octanol–water partition coefficient (Wildman–Crippen LogP) is 5.34. The molecule has 0 saturated heterocycles. The van der Waals surface area contributed by atoms with Crippen LogP contribution in [0.5, 0.6) is 5.88 Å². The molecule has 2 N–H and O–H groups in total. The number of hydrogen-bond acceptors (Lipinski definition) is 6.